The summed E-state index contributed by atoms with van der Waals surface area (Å²) >= 11 is 1.79. The van der Waals surface area contributed by atoms with Crippen molar-refractivity contribution in [3.05, 3.63) is 58.3 Å². The summed E-state index contributed by atoms with van der Waals surface area (Å²) in [6.07, 6.45) is 6.90. The Labute approximate surface area is 129 Å². The molecule has 21 heavy (non-hydrogen) atoms. The van der Waals surface area contributed by atoms with E-state index in [0.717, 1.165) is 18.0 Å². The first-order chi connectivity index (χ1) is 10.3. The molecule has 4 heteroatoms. The molecule has 1 N–H and O–H groups in total. The van der Waals surface area contributed by atoms with Crippen LogP contribution in [0.15, 0.2) is 42.9 Å². The van der Waals surface area contributed by atoms with Crippen molar-refractivity contribution in [1.29, 1.82) is 0 Å². The van der Waals surface area contributed by atoms with Crippen molar-refractivity contribution in [2.75, 3.05) is 0 Å². The van der Waals surface area contributed by atoms with Crippen LogP contribution in [-0.4, -0.2) is 9.97 Å². The van der Waals surface area contributed by atoms with Gasteiger partial charge in [0.15, 0.2) is 0 Å². The van der Waals surface area contributed by atoms with Crippen molar-refractivity contribution >= 4 is 22.1 Å². The number of benzene rings is 1. The highest BCUT2D eigenvalue weighted by atomic mass is 32.1. The smallest absolute Gasteiger partial charge is 0.109 e. The van der Waals surface area contributed by atoms with Gasteiger partial charge in [-0.2, -0.15) is 0 Å². The van der Waals surface area contributed by atoms with Gasteiger partial charge in [-0.05, 0) is 24.3 Å². The summed E-state index contributed by atoms with van der Waals surface area (Å²) in [5, 5.41) is 7.16. The summed E-state index contributed by atoms with van der Waals surface area (Å²) in [4.78, 5) is 10.2. The third-order valence-corrected chi connectivity index (χ3v) is 4.96. The van der Waals surface area contributed by atoms with Crippen LogP contribution in [0.1, 0.15) is 35.3 Å². The molecule has 0 aliphatic heterocycles. The van der Waals surface area contributed by atoms with Gasteiger partial charge in [-0.25, -0.2) is 4.98 Å². The number of nitrogens with zero attached hydrogens (tertiary/aromatic N) is 2. The van der Waals surface area contributed by atoms with Crippen LogP contribution in [-0.2, 0) is 13.0 Å². The second-order valence-corrected chi connectivity index (χ2v) is 6.29. The minimum absolute atomic E-state index is 0.259. The van der Waals surface area contributed by atoms with E-state index in [-0.39, 0.29) is 6.04 Å². The third-order valence-electron chi connectivity index (χ3n) is 3.64. The van der Waals surface area contributed by atoms with Gasteiger partial charge in [-0.15, -0.1) is 11.3 Å². The van der Waals surface area contributed by atoms with E-state index in [2.05, 4.69) is 47.3 Å². The summed E-state index contributed by atoms with van der Waals surface area (Å²) in [6, 6.07) is 8.63. The molecule has 0 aliphatic rings. The fourth-order valence-corrected chi connectivity index (χ4v) is 3.24. The van der Waals surface area contributed by atoms with Crippen molar-refractivity contribution in [3.8, 4) is 0 Å². The van der Waals surface area contributed by atoms with Crippen molar-refractivity contribution in [1.82, 2.24) is 15.3 Å². The van der Waals surface area contributed by atoms with E-state index in [1.807, 2.05) is 24.7 Å². The van der Waals surface area contributed by atoms with Crippen LogP contribution >= 0.6 is 11.3 Å². The van der Waals surface area contributed by atoms with Crippen molar-refractivity contribution in [2.45, 2.75) is 32.9 Å². The second-order valence-electron chi connectivity index (χ2n) is 5.14. The van der Waals surface area contributed by atoms with Gasteiger partial charge in [-0.1, -0.05) is 31.2 Å². The Balaban J connectivity index is 1.74. The first kappa shape index (κ1) is 14.2. The Morgan fingerprint density at radius 3 is 2.86 bits per heavy atom. The minimum Gasteiger partial charge on any atom is -0.304 e. The van der Waals surface area contributed by atoms with E-state index >= 15 is 0 Å². The van der Waals surface area contributed by atoms with Gasteiger partial charge in [0.25, 0.3) is 0 Å². The number of aromatic nitrogens is 2. The summed E-state index contributed by atoms with van der Waals surface area (Å²) in [5.41, 5.74) is 1.23. The number of thiazole rings is 1. The Bertz CT molecular complexity index is 730. The predicted molar refractivity (Wildman–Crippen MR) is 88.5 cm³/mol. The number of fused-ring (bicyclic) bond motifs is 1. The summed E-state index contributed by atoms with van der Waals surface area (Å²) in [5.74, 6) is 0. The quantitative estimate of drug-likeness (QED) is 0.770. The molecule has 0 saturated carbocycles. The van der Waals surface area contributed by atoms with E-state index in [1.165, 1.54) is 21.2 Å². The molecule has 1 atom stereocenters. The highest BCUT2D eigenvalue weighted by Crippen LogP contribution is 2.22. The maximum absolute atomic E-state index is 4.50. The molecule has 0 fully saturated rings. The molecule has 2 aromatic heterocycles. The van der Waals surface area contributed by atoms with Gasteiger partial charge in [0.05, 0.1) is 6.04 Å². The van der Waals surface area contributed by atoms with Gasteiger partial charge in [-0.3, -0.25) is 4.98 Å². The molecule has 0 bridgehead atoms. The number of hydrogen-bond donors (Lipinski definition) is 1. The highest BCUT2D eigenvalue weighted by Gasteiger charge is 2.10. The van der Waals surface area contributed by atoms with E-state index in [0.29, 0.717) is 0 Å². The lowest BCUT2D eigenvalue weighted by molar-refractivity contribution is 0.573. The molecule has 3 nitrogen and oxygen atoms in total. The molecule has 1 aromatic carbocycles. The first-order valence-electron chi connectivity index (χ1n) is 7.27. The molecule has 0 spiro atoms. The van der Waals surface area contributed by atoms with Crippen LogP contribution in [0.3, 0.4) is 0 Å². The molecule has 0 saturated heterocycles. The van der Waals surface area contributed by atoms with E-state index in [9.17, 15) is 0 Å². The minimum atomic E-state index is 0.259. The average molecular weight is 297 g/mol. The zero-order valence-electron chi connectivity index (χ0n) is 12.3. The lowest BCUT2D eigenvalue weighted by Gasteiger charge is -2.12. The topological polar surface area (TPSA) is 37.8 Å². The normalized spacial score (nSPS) is 12.7. The second kappa shape index (κ2) is 6.33. The number of aryl methyl sites for hydroxylation is 1. The van der Waals surface area contributed by atoms with Crippen LogP contribution < -0.4 is 5.32 Å². The largest absolute Gasteiger partial charge is 0.304 e. The standard InChI is InChI=1S/C17H19N3S/c1-3-15-11-20-17(21-15)12(2)19-10-14-9-18-8-13-6-4-5-7-16(13)14/h4-9,11-12,19H,3,10H2,1-2H3. The molecular formula is C17H19N3S. The summed E-state index contributed by atoms with van der Waals surface area (Å²) in [7, 11) is 0. The molecule has 1 unspecified atom stereocenters. The molecule has 3 aromatic rings. The van der Waals surface area contributed by atoms with E-state index in [1.54, 1.807) is 11.3 Å². The van der Waals surface area contributed by atoms with Crippen LogP contribution in [0.4, 0.5) is 0 Å². The van der Waals surface area contributed by atoms with Gasteiger partial charge >= 0.3 is 0 Å². The lowest BCUT2D eigenvalue weighted by Crippen LogP contribution is -2.18. The Morgan fingerprint density at radius 1 is 1.19 bits per heavy atom. The SMILES string of the molecule is CCc1cnc(C(C)NCc2cncc3ccccc23)s1. The molecule has 0 aliphatic carbocycles. The predicted octanol–water partition coefficient (Wildman–Crippen LogP) is 4.10. The maximum atomic E-state index is 4.50. The lowest BCUT2D eigenvalue weighted by atomic mass is 10.1. The monoisotopic (exact) mass is 297 g/mol. The number of pyridine rings is 1. The molecule has 2 heterocycles. The third kappa shape index (κ3) is 3.12. The van der Waals surface area contributed by atoms with Gasteiger partial charge in [0, 0.05) is 35.4 Å². The van der Waals surface area contributed by atoms with Crippen LogP contribution in [0, 0.1) is 0 Å². The van der Waals surface area contributed by atoms with Gasteiger partial charge in [0.2, 0.25) is 0 Å². The maximum Gasteiger partial charge on any atom is 0.109 e. The number of hydrogen-bond acceptors (Lipinski definition) is 4. The fourth-order valence-electron chi connectivity index (χ4n) is 2.36. The Morgan fingerprint density at radius 2 is 2.05 bits per heavy atom. The van der Waals surface area contributed by atoms with E-state index in [4.69, 9.17) is 0 Å². The Kier molecular flexibility index (Phi) is 4.27. The van der Waals surface area contributed by atoms with Crippen molar-refractivity contribution in [2.24, 2.45) is 0 Å². The van der Waals surface area contributed by atoms with Crippen molar-refractivity contribution < 1.29 is 0 Å². The fraction of sp³-hybridized carbons (Fsp3) is 0.294. The van der Waals surface area contributed by atoms with Crippen LogP contribution in [0.2, 0.25) is 0 Å². The number of nitrogens with one attached hydrogen (secondary N) is 1. The Hall–Kier alpha value is -1.78. The highest BCUT2D eigenvalue weighted by molar-refractivity contribution is 7.11. The van der Waals surface area contributed by atoms with Gasteiger partial charge < -0.3 is 5.32 Å². The van der Waals surface area contributed by atoms with Crippen molar-refractivity contribution in [3.63, 3.8) is 0 Å². The van der Waals surface area contributed by atoms with Crippen LogP contribution in [0.25, 0.3) is 10.8 Å². The van der Waals surface area contributed by atoms with Crippen LogP contribution in [0.5, 0.6) is 0 Å². The molecule has 0 amide bonds. The zero-order chi connectivity index (χ0) is 14.7. The first-order valence-corrected chi connectivity index (χ1v) is 8.09. The average Bonchev–Trinajstić information content (AvgIpc) is 3.01. The number of rotatable bonds is 5. The molecular weight excluding hydrogens is 278 g/mol. The molecule has 3 rings (SSSR count). The summed E-state index contributed by atoms with van der Waals surface area (Å²) in [6.45, 7) is 5.13. The molecule has 0 radical (unpaired) electrons. The van der Waals surface area contributed by atoms with E-state index < -0.39 is 0 Å². The zero-order valence-corrected chi connectivity index (χ0v) is 13.2. The van der Waals surface area contributed by atoms with Gasteiger partial charge in [0.1, 0.15) is 5.01 Å². The molecule has 108 valence electrons. The summed E-state index contributed by atoms with van der Waals surface area (Å²) < 4.78 is 0.